The van der Waals surface area contributed by atoms with E-state index in [0.29, 0.717) is 12.0 Å². The number of benzene rings is 1. The predicted molar refractivity (Wildman–Crippen MR) is 73.7 cm³/mol. The Balaban J connectivity index is 1.99. The summed E-state index contributed by atoms with van der Waals surface area (Å²) in [6, 6.07) is 7.85. The average Bonchev–Trinajstić information content (AvgIpc) is 2.40. The van der Waals surface area contributed by atoms with Gasteiger partial charge < -0.3 is 9.84 Å². The Bertz CT molecular complexity index is 356. The van der Waals surface area contributed by atoms with Crippen LogP contribution < -0.4 is 4.74 Å². The molecule has 1 saturated carbocycles. The zero-order chi connectivity index (χ0) is 13.0. The minimum Gasteiger partial charge on any atom is -0.490 e. The Morgan fingerprint density at radius 3 is 2.50 bits per heavy atom. The van der Waals surface area contributed by atoms with E-state index >= 15 is 0 Å². The van der Waals surface area contributed by atoms with Gasteiger partial charge in [-0.1, -0.05) is 25.5 Å². The van der Waals surface area contributed by atoms with Gasteiger partial charge in [0.15, 0.2) is 0 Å². The van der Waals surface area contributed by atoms with Gasteiger partial charge >= 0.3 is 0 Å². The summed E-state index contributed by atoms with van der Waals surface area (Å²) in [7, 11) is 0. The first-order valence-electron chi connectivity index (χ1n) is 7.15. The van der Waals surface area contributed by atoms with Crippen molar-refractivity contribution in [2.45, 2.75) is 58.2 Å². The summed E-state index contributed by atoms with van der Waals surface area (Å²) in [6.07, 6.45) is 6.28. The Labute approximate surface area is 110 Å². The summed E-state index contributed by atoms with van der Waals surface area (Å²) in [4.78, 5) is 0. The summed E-state index contributed by atoms with van der Waals surface area (Å²) in [6.45, 7) is 4.03. The molecule has 1 fully saturated rings. The van der Waals surface area contributed by atoms with E-state index in [1.807, 2.05) is 24.3 Å². The normalized spacial score (nSPS) is 25.7. The Kier molecular flexibility index (Phi) is 4.65. The van der Waals surface area contributed by atoms with Crippen molar-refractivity contribution in [2.75, 3.05) is 0 Å². The molecule has 0 bridgehead atoms. The molecule has 0 aliphatic heterocycles. The second-order valence-corrected chi connectivity index (χ2v) is 5.35. The lowest BCUT2D eigenvalue weighted by Gasteiger charge is -2.31. The van der Waals surface area contributed by atoms with Crippen LogP contribution in [0, 0.1) is 5.92 Å². The zero-order valence-corrected chi connectivity index (χ0v) is 11.4. The molecule has 18 heavy (non-hydrogen) atoms. The summed E-state index contributed by atoms with van der Waals surface area (Å²) in [5, 5.41) is 9.48. The SMILES string of the molecule is CCC1CCCCC1Oc1ccc([C@H](C)O)cc1. The molecule has 1 N–H and O–H groups in total. The fourth-order valence-electron chi connectivity index (χ4n) is 2.80. The first-order valence-corrected chi connectivity index (χ1v) is 7.15. The number of ether oxygens (including phenoxy) is 1. The van der Waals surface area contributed by atoms with E-state index in [0.717, 1.165) is 11.3 Å². The second-order valence-electron chi connectivity index (χ2n) is 5.35. The van der Waals surface area contributed by atoms with Crippen molar-refractivity contribution >= 4 is 0 Å². The van der Waals surface area contributed by atoms with Crippen molar-refractivity contribution in [1.82, 2.24) is 0 Å². The molecule has 100 valence electrons. The van der Waals surface area contributed by atoms with Gasteiger partial charge in [-0.25, -0.2) is 0 Å². The highest BCUT2D eigenvalue weighted by Crippen LogP contribution is 2.30. The molecule has 0 saturated heterocycles. The first-order chi connectivity index (χ1) is 8.70. The lowest BCUT2D eigenvalue weighted by atomic mass is 9.85. The quantitative estimate of drug-likeness (QED) is 0.869. The predicted octanol–water partition coefficient (Wildman–Crippen LogP) is 4.09. The molecule has 1 aliphatic carbocycles. The van der Waals surface area contributed by atoms with Crippen LogP contribution in [0.2, 0.25) is 0 Å². The molecule has 1 aromatic rings. The zero-order valence-electron chi connectivity index (χ0n) is 11.4. The Morgan fingerprint density at radius 2 is 1.89 bits per heavy atom. The van der Waals surface area contributed by atoms with Crippen LogP contribution in [0.3, 0.4) is 0 Å². The number of hydrogen-bond acceptors (Lipinski definition) is 2. The Hall–Kier alpha value is -1.02. The molecule has 0 spiro atoms. The third-order valence-electron chi connectivity index (χ3n) is 4.01. The molecule has 0 amide bonds. The van der Waals surface area contributed by atoms with E-state index in [2.05, 4.69) is 6.92 Å². The van der Waals surface area contributed by atoms with Gasteiger partial charge in [0, 0.05) is 0 Å². The van der Waals surface area contributed by atoms with E-state index < -0.39 is 6.10 Å². The van der Waals surface area contributed by atoms with Crippen LogP contribution in [0.1, 0.15) is 57.6 Å². The highest BCUT2D eigenvalue weighted by atomic mass is 16.5. The highest BCUT2D eigenvalue weighted by molar-refractivity contribution is 5.28. The van der Waals surface area contributed by atoms with Gasteiger partial charge in [0.2, 0.25) is 0 Å². The third kappa shape index (κ3) is 3.26. The van der Waals surface area contributed by atoms with Gasteiger partial charge in [-0.05, 0) is 56.2 Å². The largest absolute Gasteiger partial charge is 0.490 e. The summed E-state index contributed by atoms with van der Waals surface area (Å²) >= 11 is 0. The van der Waals surface area contributed by atoms with Crippen LogP contribution in [0.4, 0.5) is 0 Å². The van der Waals surface area contributed by atoms with E-state index in [1.165, 1.54) is 32.1 Å². The smallest absolute Gasteiger partial charge is 0.119 e. The molecule has 2 nitrogen and oxygen atoms in total. The molecular formula is C16H24O2. The number of aliphatic hydroxyl groups excluding tert-OH is 1. The van der Waals surface area contributed by atoms with Gasteiger partial charge in [-0.2, -0.15) is 0 Å². The molecule has 2 rings (SSSR count). The van der Waals surface area contributed by atoms with E-state index in [9.17, 15) is 5.11 Å². The summed E-state index contributed by atoms with van der Waals surface area (Å²) in [5.41, 5.74) is 0.943. The van der Waals surface area contributed by atoms with Crippen molar-refractivity contribution in [1.29, 1.82) is 0 Å². The van der Waals surface area contributed by atoms with Crippen LogP contribution in [0.15, 0.2) is 24.3 Å². The molecule has 1 aliphatic rings. The van der Waals surface area contributed by atoms with Gasteiger partial charge in [-0.3, -0.25) is 0 Å². The van der Waals surface area contributed by atoms with E-state index in [1.54, 1.807) is 6.92 Å². The second kappa shape index (κ2) is 6.24. The maximum absolute atomic E-state index is 9.48. The highest BCUT2D eigenvalue weighted by Gasteiger charge is 2.25. The average molecular weight is 248 g/mol. The monoisotopic (exact) mass is 248 g/mol. The van der Waals surface area contributed by atoms with Gasteiger partial charge in [0.1, 0.15) is 11.9 Å². The van der Waals surface area contributed by atoms with Gasteiger partial charge in [0.05, 0.1) is 6.10 Å². The molecule has 3 atom stereocenters. The maximum atomic E-state index is 9.48. The minimum absolute atomic E-state index is 0.376. The summed E-state index contributed by atoms with van der Waals surface area (Å²) in [5.74, 6) is 1.64. The fourth-order valence-corrected chi connectivity index (χ4v) is 2.80. The van der Waals surface area contributed by atoms with Crippen LogP contribution >= 0.6 is 0 Å². The molecule has 0 radical (unpaired) electrons. The van der Waals surface area contributed by atoms with Crippen LogP contribution in [-0.4, -0.2) is 11.2 Å². The van der Waals surface area contributed by atoms with Gasteiger partial charge in [-0.15, -0.1) is 0 Å². The van der Waals surface area contributed by atoms with E-state index in [-0.39, 0.29) is 0 Å². The van der Waals surface area contributed by atoms with Crippen molar-refractivity contribution < 1.29 is 9.84 Å². The molecule has 0 heterocycles. The fraction of sp³-hybridized carbons (Fsp3) is 0.625. The Morgan fingerprint density at radius 1 is 1.22 bits per heavy atom. The van der Waals surface area contributed by atoms with Crippen molar-refractivity contribution in [3.63, 3.8) is 0 Å². The lowest BCUT2D eigenvalue weighted by molar-refractivity contribution is 0.0903. The number of hydrogen-bond donors (Lipinski definition) is 1. The number of rotatable bonds is 4. The van der Waals surface area contributed by atoms with E-state index in [4.69, 9.17) is 4.74 Å². The summed E-state index contributed by atoms with van der Waals surface area (Å²) < 4.78 is 6.11. The topological polar surface area (TPSA) is 29.5 Å². The van der Waals surface area contributed by atoms with Crippen molar-refractivity contribution in [3.8, 4) is 5.75 Å². The molecular weight excluding hydrogens is 224 g/mol. The van der Waals surface area contributed by atoms with Crippen LogP contribution in [-0.2, 0) is 0 Å². The molecule has 1 aromatic carbocycles. The third-order valence-corrected chi connectivity index (χ3v) is 4.01. The lowest BCUT2D eigenvalue weighted by Crippen LogP contribution is -2.29. The first kappa shape index (κ1) is 13.4. The maximum Gasteiger partial charge on any atom is 0.119 e. The molecule has 2 unspecified atom stereocenters. The van der Waals surface area contributed by atoms with Crippen molar-refractivity contribution in [3.05, 3.63) is 29.8 Å². The van der Waals surface area contributed by atoms with Gasteiger partial charge in [0.25, 0.3) is 0 Å². The minimum atomic E-state index is -0.405. The van der Waals surface area contributed by atoms with Crippen LogP contribution in [0.5, 0.6) is 5.75 Å². The standard InChI is InChI=1S/C16H24O2/c1-3-13-6-4-5-7-16(13)18-15-10-8-14(9-11-15)12(2)17/h8-13,16-17H,3-7H2,1-2H3/t12-,13?,16?/m0/s1. The number of aliphatic hydroxyl groups is 1. The van der Waals surface area contributed by atoms with Crippen molar-refractivity contribution in [2.24, 2.45) is 5.92 Å². The molecule has 2 heteroatoms. The van der Waals surface area contributed by atoms with Crippen LogP contribution in [0.25, 0.3) is 0 Å². The molecule has 0 aromatic heterocycles.